The number of nitrogens with zero attached hydrogens (tertiary/aromatic N) is 6. The van der Waals surface area contributed by atoms with Gasteiger partial charge in [-0.15, -0.1) is 0 Å². The molecule has 15 rings (SSSR count). The molecule has 6 nitrogen and oxygen atoms in total. The highest BCUT2D eigenvalue weighted by atomic mass is 15.1. The van der Waals surface area contributed by atoms with Gasteiger partial charge in [0.05, 0.1) is 27.5 Å². The molecule has 0 bridgehead atoms. The zero-order chi connectivity index (χ0) is 46.6. The summed E-state index contributed by atoms with van der Waals surface area (Å²) >= 11 is 0. The van der Waals surface area contributed by atoms with Crippen LogP contribution in [0.2, 0.25) is 0 Å². The van der Waals surface area contributed by atoms with Crippen LogP contribution in [0.15, 0.2) is 243 Å². The van der Waals surface area contributed by atoms with Crippen LogP contribution in [0, 0.1) is 0 Å². The molecule has 3 heterocycles. The lowest BCUT2D eigenvalue weighted by atomic mass is 9.70. The Morgan fingerprint density at radius 3 is 1.55 bits per heavy atom. The standard InChI is InChI=1S/C65H40N6/c1-4-19-41(20-5-1)61-67-62(43-23-18-26-46(37-43)71-59-34-17-15-32-57(59)66-64(71)42-21-6-2-7-22-42)69-63(68-61)44-35-36-55-50(38-44)47-27-10-13-30-53(47)65(55)54-31-14-11-28-48(54)51-40-60-52(39-56(51)65)49-29-12-16-33-58(49)70(60)45-24-8-3-9-25-45/h1-40H. The maximum atomic E-state index is 5.35. The van der Waals surface area contributed by atoms with Crippen LogP contribution in [-0.4, -0.2) is 29.1 Å². The predicted octanol–water partition coefficient (Wildman–Crippen LogP) is 15.3. The van der Waals surface area contributed by atoms with Crippen molar-refractivity contribution in [2.24, 2.45) is 0 Å². The van der Waals surface area contributed by atoms with Crippen molar-refractivity contribution < 1.29 is 0 Å². The summed E-state index contributed by atoms with van der Waals surface area (Å²) in [6, 6.07) is 86.8. The van der Waals surface area contributed by atoms with Crippen molar-refractivity contribution in [1.82, 2.24) is 29.1 Å². The highest BCUT2D eigenvalue weighted by Crippen LogP contribution is 2.63. The zero-order valence-electron chi connectivity index (χ0n) is 38.3. The average molecular weight is 905 g/mol. The normalized spacial score (nSPS) is 14.3. The Hall–Kier alpha value is -9.52. The summed E-state index contributed by atoms with van der Waals surface area (Å²) < 4.78 is 4.65. The number of imidazole rings is 1. The Labute approximate surface area is 409 Å². The van der Waals surface area contributed by atoms with Gasteiger partial charge in [0.2, 0.25) is 0 Å². The van der Waals surface area contributed by atoms with Crippen LogP contribution in [0.3, 0.4) is 0 Å². The second kappa shape index (κ2) is 15.2. The highest BCUT2D eigenvalue weighted by Gasteiger charge is 2.52. The number of hydrogen-bond acceptors (Lipinski definition) is 4. The molecule has 3 aromatic heterocycles. The van der Waals surface area contributed by atoms with E-state index in [1.807, 2.05) is 30.3 Å². The van der Waals surface area contributed by atoms with Crippen molar-refractivity contribution in [3.63, 3.8) is 0 Å². The third kappa shape index (κ3) is 5.76. The molecule has 0 fully saturated rings. The zero-order valence-corrected chi connectivity index (χ0v) is 38.3. The monoisotopic (exact) mass is 904 g/mol. The summed E-state index contributed by atoms with van der Waals surface area (Å²) in [6.07, 6.45) is 0. The average Bonchev–Trinajstić information content (AvgIpc) is 4.18. The van der Waals surface area contributed by atoms with Gasteiger partial charge in [-0.05, 0) is 105 Å². The quantitative estimate of drug-likeness (QED) is 0.167. The molecule has 0 N–H and O–H groups in total. The van der Waals surface area contributed by atoms with E-state index in [0.717, 1.165) is 50.5 Å². The molecular formula is C65H40N6. The number of hydrogen-bond donors (Lipinski definition) is 0. The number of aromatic nitrogens is 6. The van der Waals surface area contributed by atoms with Gasteiger partial charge >= 0.3 is 0 Å². The van der Waals surface area contributed by atoms with E-state index < -0.39 is 5.41 Å². The molecule has 2 aliphatic carbocycles. The lowest BCUT2D eigenvalue weighted by molar-refractivity contribution is 0.795. The molecule has 1 unspecified atom stereocenters. The van der Waals surface area contributed by atoms with E-state index in [9.17, 15) is 0 Å². The van der Waals surface area contributed by atoms with E-state index in [-0.39, 0.29) is 0 Å². The van der Waals surface area contributed by atoms with Gasteiger partial charge in [-0.25, -0.2) is 19.9 Å². The van der Waals surface area contributed by atoms with E-state index in [4.69, 9.17) is 19.9 Å². The summed E-state index contributed by atoms with van der Waals surface area (Å²) in [5.41, 5.74) is 19.7. The maximum Gasteiger partial charge on any atom is 0.164 e. The molecular weight excluding hydrogens is 865 g/mol. The van der Waals surface area contributed by atoms with Crippen LogP contribution in [-0.2, 0) is 5.41 Å². The second-order valence-corrected chi connectivity index (χ2v) is 18.6. The van der Waals surface area contributed by atoms with Crippen LogP contribution in [0.25, 0.3) is 112 Å². The molecule has 2 aliphatic rings. The summed E-state index contributed by atoms with van der Waals surface area (Å²) in [5, 5.41) is 2.48. The van der Waals surface area contributed by atoms with Crippen LogP contribution < -0.4 is 0 Å². The first-order valence-electron chi connectivity index (χ1n) is 24.1. The largest absolute Gasteiger partial charge is 0.309 e. The fourth-order valence-corrected chi connectivity index (χ4v) is 11.8. The first-order valence-corrected chi connectivity index (χ1v) is 24.1. The number of fused-ring (bicyclic) bond motifs is 14. The molecule has 1 spiro atoms. The molecule has 330 valence electrons. The van der Waals surface area contributed by atoms with E-state index >= 15 is 0 Å². The first kappa shape index (κ1) is 39.5. The van der Waals surface area contributed by atoms with Crippen molar-refractivity contribution in [2.45, 2.75) is 5.41 Å². The van der Waals surface area contributed by atoms with Crippen molar-refractivity contribution in [2.75, 3.05) is 0 Å². The van der Waals surface area contributed by atoms with Crippen molar-refractivity contribution in [1.29, 1.82) is 0 Å². The van der Waals surface area contributed by atoms with Crippen LogP contribution in [0.5, 0.6) is 0 Å². The molecule has 0 radical (unpaired) electrons. The molecule has 6 heteroatoms. The molecule has 1 atom stereocenters. The van der Waals surface area contributed by atoms with Crippen LogP contribution in [0.1, 0.15) is 22.3 Å². The topological polar surface area (TPSA) is 61.4 Å². The lowest BCUT2D eigenvalue weighted by Gasteiger charge is -2.30. The van der Waals surface area contributed by atoms with Gasteiger partial charge < -0.3 is 4.57 Å². The summed E-state index contributed by atoms with van der Waals surface area (Å²) in [6.45, 7) is 0. The second-order valence-electron chi connectivity index (χ2n) is 18.6. The molecule has 10 aromatic carbocycles. The number of rotatable bonds is 6. The summed E-state index contributed by atoms with van der Waals surface area (Å²) in [4.78, 5) is 20.9. The van der Waals surface area contributed by atoms with Crippen molar-refractivity contribution >= 4 is 32.8 Å². The Balaban J connectivity index is 0.926. The number of benzene rings is 10. The van der Waals surface area contributed by atoms with E-state index in [2.05, 4.69) is 221 Å². The van der Waals surface area contributed by atoms with Gasteiger partial charge in [-0.3, -0.25) is 4.57 Å². The molecule has 71 heavy (non-hydrogen) atoms. The number of para-hydroxylation sites is 4. The molecule has 0 saturated heterocycles. The minimum atomic E-state index is -0.545. The molecule has 0 aliphatic heterocycles. The van der Waals surface area contributed by atoms with Crippen LogP contribution in [0.4, 0.5) is 0 Å². The van der Waals surface area contributed by atoms with Gasteiger partial charge in [0.1, 0.15) is 5.82 Å². The highest BCUT2D eigenvalue weighted by molar-refractivity contribution is 6.12. The van der Waals surface area contributed by atoms with Crippen LogP contribution >= 0.6 is 0 Å². The fraction of sp³-hybridized carbons (Fsp3) is 0.0154. The lowest BCUT2D eigenvalue weighted by Crippen LogP contribution is -2.25. The Morgan fingerprint density at radius 1 is 0.282 bits per heavy atom. The molecule has 0 saturated carbocycles. The first-order chi connectivity index (χ1) is 35.2. The Bertz CT molecular complexity index is 4290. The van der Waals surface area contributed by atoms with Crippen molar-refractivity contribution in [3.8, 4) is 79.2 Å². The third-order valence-electron chi connectivity index (χ3n) is 14.8. The summed E-state index contributed by atoms with van der Waals surface area (Å²) in [7, 11) is 0. The summed E-state index contributed by atoms with van der Waals surface area (Å²) in [5.74, 6) is 2.69. The van der Waals surface area contributed by atoms with E-state index in [0.29, 0.717) is 17.5 Å². The third-order valence-corrected chi connectivity index (χ3v) is 14.8. The fourth-order valence-electron chi connectivity index (χ4n) is 11.8. The van der Waals surface area contributed by atoms with E-state index in [1.165, 1.54) is 66.3 Å². The smallest absolute Gasteiger partial charge is 0.164 e. The van der Waals surface area contributed by atoms with E-state index in [1.54, 1.807) is 0 Å². The molecule has 0 amide bonds. The maximum absolute atomic E-state index is 5.35. The van der Waals surface area contributed by atoms with Crippen molar-refractivity contribution in [3.05, 3.63) is 265 Å². The minimum absolute atomic E-state index is 0.545. The van der Waals surface area contributed by atoms with Gasteiger partial charge in [-0.2, -0.15) is 0 Å². The SMILES string of the molecule is c1ccc(-c2nc(-c3cccc(-n4c(-c5ccccc5)nc5ccccc54)c3)nc(-c3ccc4c(c3)-c3ccccc3C43c4ccccc4-c4cc5c(cc43)c3ccccc3n5-c3ccccc3)n2)cc1. The minimum Gasteiger partial charge on any atom is -0.309 e. The Kier molecular flexibility index (Phi) is 8.47. The van der Waals surface area contributed by atoms with Gasteiger partial charge in [-0.1, -0.05) is 182 Å². The molecule has 13 aromatic rings. The predicted molar refractivity (Wildman–Crippen MR) is 287 cm³/mol. The van der Waals surface area contributed by atoms with Gasteiger partial charge in [0.25, 0.3) is 0 Å². The van der Waals surface area contributed by atoms with Gasteiger partial charge in [0, 0.05) is 44.4 Å². The Morgan fingerprint density at radius 2 is 0.817 bits per heavy atom. The van der Waals surface area contributed by atoms with Gasteiger partial charge in [0.15, 0.2) is 17.5 Å².